The van der Waals surface area contributed by atoms with E-state index < -0.39 is 0 Å². The van der Waals surface area contributed by atoms with Gasteiger partial charge in [0, 0.05) is 12.2 Å². The zero-order valence-electron chi connectivity index (χ0n) is 11.3. The van der Waals surface area contributed by atoms with Crippen molar-refractivity contribution in [3.8, 4) is 11.8 Å². The summed E-state index contributed by atoms with van der Waals surface area (Å²) in [4.78, 5) is 8.31. The predicted molar refractivity (Wildman–Crippen MR) is 76.5 cm³/mol. The Morgan fingerprint density at radius 2 is 2.05 bits per heavy atom. The van der Waals surface area contributed by atoms with Crippen LogP contribution in [0, 0.1) is 18.3 Å². The van der Waals surface area contributed by atoms with E-state index in [0.29, 0.717) is 24.8 Å². The zero-order chi connectivity index (χ0) is 14.2. The maximum atomic E-state index is 8.83. The van der Waals surface area contributed by atoms with Crippen molar-refractivity contribution in [3.63, 3.8) is 0 Å². The molecule has 0 atom stereocenters. The number of nitrogens with zero attached hydrogens (tertiary/aromatic N) is 3. The molecule has 1 N–H and O–H groups in total. The molecular formula is C15H16N4O. The number of nitrogens with one attached hydrogen (secondary N) is 1. The lowest BCUT2D eigenvalue weighted by molar-refractivity contribution is 0.315. The molecule has 0 aliphatic rings. The van der Waals surface area contributed by atoms with Crippen LogP contribution in [0.5, 0.6) is 5.75 Å². The fraction of sp³-hybridized carbons (Fsp3) is 0.267. The van der Waals surface area contributed by atoms with E-state index in [-0.39, 0.29) is 0 Å². The van der Waals surface area contributed by atoms with Gasteiger partial charge in [0.15, 0.2) is 0 Å². The Labute approximate surface area is 118 Å². The minimum Gasteiger partial charge on any atom is -0.494 e. The van der Waals surface area contributed by atoms with Crippen molar-refractivity contribution in [2.24, 2.45) is 0 Å². The topological polar surface area (TPSA) is 70.8 Å². The van der Waals surface area contributed by atoms with Crippen LogP contribution in [0.2, 0.25) is 0 Å². The van der Waals surface area contributed by atoms with Crippen molar-refractivity contribution in [2.75, 3.05) is 18.5 Å². The molecule has 0 bridgehead atoms. The van der Waals surface area contributed by atoms with Gasteiger partial charge in [-0.1, -0.05) is 18.2 Å². The second kappa shape index (κ2) is 7.10. The first kappa shape index (κ1) is 13.8. The molecule has 0 radical (unpaired) electrons. The lowest BCUT2D eigenvalue weighted by Gasteiger charge is -2.07. The fourth-order valence-electron chi connectivity index (χ4n) is 1.68. The molecule has 0 aliphatic heterocycles. The molecule has 0 saturated heterocycles. The highest BCUT2D eigenvalue weighted by Crippen LogP contribution is 2.08. The number of rotatable bonds is 6. The van der Waals surface area contributed by atoms with Gasteiger partial charge in [0.1, 0.15) is 17.5 Å². The van der Waals surface area contributed by atoms with Crippen LogP contribution in [0.25, 0.3) is 0 Å². The van der Waals surface area contributed by atoms with Crippen LogP contribution in [0.4, 0.5) is 5.95 Å². The van der Waals surface area contributed by atoms with Gasteiger partial charge in [-0.15, -0.1) is 0 Å². The molecular weight excluding hydrogens is 252 g/mol. The molecule has 0 amide bonds. The lowest BCUT2D eigenvalue weighted by atomic mass is 10.3. The maximum Gasteiger partial charge on any atom is 0.224 e. The summed E-state index contributed by atoms with van der Waals surface area (Å²) in [6.45, 7) is 3.15. The third-order valence-electron chi connectivity index (χ3n) is 2.58. The number of aromatic nitrogens is 2. The first-order chi connectivity index (χ1) is 9.78. The second-order valence-electron chi connectivity index (χ2n) is 4.27. The molecule has 5 nitrogen and oxygen atoms in total. The fourth-order valence-corrected chi connectivity index (χ4v) is 1.68. The average molecular weight is 268 g/mol. The van der Waals surface area contributed by atoms with Crippen LogP contribution >= 0.6 is 0 Å². The average Bonchev–Trinajstić information content (AvgIpc) is 2.47. The largest absolute Gasteiger partial charge is 0.494 e. The van der Waals surface area contributed by atoms with E-state index in [1.165, 1.54) is 0 Å². The first-order valence-electron chi connectivity index (χ1n) is 6.45. The van der Waals surface area contributed by atoms with Crippen LogP contribution in [-0.2, 0) is 0 Å². The molecule has 0 fully saturated rings. The van der Waals surface area contributed by atoms with Gasteiger partial charge in [0.25, 0.3) is 0 Å². The third-order valence-corrected chi connectivity index (χ3v) is 2.58. The molecule has 102 valence electrons. The van der Waals surface area contributed by atoms with Crippen LogP contribution < -0.4 is 10.1 Å². The molecule has 0 aliphatic carbocycles. The normalized spacial score (nSPS) is 9.80. The van der Waals surface area contributed by atoms with E-state index in [1.54, 1.807) is 6.07 Å². The third kappa shape index (κ3) is 4.25. The molecule has 5 heteroatoms. The Hall–Kier alpha value is -2.61. The Morgan fingerprint density at radius 1 is 1.25 bits per heavy atom. The first-order valence-corrected chi connectivity index (χ1v) is 6.45. The summed E-state index contributed by atoms with van der Waals surface area (Å²) in [5.41, 5.74) is 1.15. The molecule has 20 heavy (non-hydrogen) atoms. The van der Waals surface area contributed by atoms with Crippen molar-refractivity contribution >= 4 is 5.95 Å². The molecule has 1 aromatic heterocycles. The molecule has 2 aromatic rings. The number of aryl methyl sites for hydroxylation is 1. The van der Waals surface area contributed by atoms with E-state index >= 15 is 0 Å². The second-order valence-corrected chi connectivity index (χ2v) is 4.27. The van der Waals surface area contributed by atoms with E-state index in [1.807, 2.05) is 43.3 Å². The number of anilines is 1. The monoisotopic (exact) mass is 268 g/mol. The van der Waals surface area contributed by atoms with Gasteiger partial charge < -0.3 is 10.1 Å². The van der Waals surface area contributed by atoms with Crippen molar-refractivity contribution in [1.82, 2.24) is 9.97 Å². The quantitative estimate of drug-likeness (QED) is 0.815. The summed E-state index contributed by atoms with van der Waals surface area (Å²) in [5, 5.41) is 11.9. The summed E-state index contributed by atoms with van der Waals surface area (Å²) in [6, 6.07) is 13.4. The van der Waals surface area contributed by atoms with Gasteiger partial charge in [0.05, 0.1) is 6.61 Å². The summed E-state index contributed by atoms with van der Waals surface area (Å²) in [6.07, 6.45) is 0.827. The van der Waals surface area contributed by atoms with Crippen LogP contribution in [0.15, 0.2) is 36.4 Å². The van der Waals surface area contributed by atoms with E-state index in [2.05, 4.69) is 15.3 Å². The number of ether oxygens (including phenoxy) is 1. The van der Waals surface area contributed by atoms with Crippen molar-refractivity contribution in [2.45, 2.75) is 13.3 Å². The number of hydrogen-bond donors (Lipinski definition) is 1. The molecule has 2 rings (SSSR count). The molecule has 0 saturated carbocycles. The predicted octanol–water partition coefficient (Wildman–Crippen LogP) is 2.54. The van der Waals surface area contributed by atoms with Gasteiger partial charge in [0.2, 0.25) is 5.95 Å². The van der Waals surface area contributed by atoms with Gasteiger partial charge in [-0.2, -0.15) is 5.26 Å². The highest BCUT2D eigenvalue weighted by molar-refractivity contribution is 5.32. The van der Waals surface area contributed by atoms with Crippen molar-refractivity contribution < 1.29 is 4.74 Å². The standard InChI is InChI=1S/C15H16N4O/c1-12-10-13(11-16)19-15(18-12)17-8-5-9-20-14-6-3-2-4-7-14/h2-4,6-7,10H,5,8-9H2,1H3,(H,17,18,19). The van der Waals surface area contributed by atoms with E-state index in [4.69, 9.17) is 10.00 Å². The van der Waals surface area contributed by atoms with Crippen molar-refractivity contribution in [3.05, 3.63) is 47.8 Å². The van der Waals surface area contributed by atoms with Crippen LogP contribution in [0.1, 0.15) is 17.8 Å². The summed E-state index contributed by atoms with van der Waals surface area (Å²) < 4.78 is 5.58. The Morgan fingerprint density at radius 3 is 2.80 bits per heavy atom. The molecule has 0 spiro atoms. The SMILES string of the molecule is Cc1cc(C#N)nc(NCCCOc2ccccc2)n1. The number of para-hydroxylation sites is 1. The minimum atomic E-state index is 0.375. The molecule has 1 aromatic carbocycles. The number of nitriles is 1. The van der Waals surface area contributed by atoms with Gasteiger partial charge in [-0.3, -0.25) is 0 Å². The highest BCUT2D eigenvalue weighted by atomic mass is 16.5. The molecule has 1 heterocycles. The highest BCUT2D eigenvalue weighted by Gasteiger charge is 2.00. The number of benzene rings is 1. The smallest absolute Gasteiger partial charge is 0.224 e. The van der Waals surface area contributed by atoms with Gasteiger partial charge in [-0.05, 0) is 31.5 Å². The maximum absolute atomic E-state index is 8.83. The zero-order valence-corrected chi connectivity index (χ0v) is 11.3. The Balaban J connectivity index is 1.74. The van der Waals surface area contributed by atoms with E-state index in [0.717, 1.165) is 17.9 Å². The Bertz CT molecular complexity index is 593. The van der Waals surface area contributed by atoms with Crippen LogP contribution in [-0.4, -0.2) is 23.1 Å². The lowest BCUT2D eigenvalue weighted by Crippen LogP contribution is -2.10. The molecule has 0 unspecified atom stereocenters. The summed E-state index contributed by atoms with van der Waals surface area (Å²) >= 11 is 0. The summed E-state index contributed by atoms with van der Waals surface area (Å²) in [5.74, 6) is 1.35. The van der Waals surface area contributed by atoms with Crippen molar-refractivity contribution in [1.29, 1.82) is 5.26 Å². The number of hydrogen-bond acceptors (Lipinski definition) is 5. The Kier molecular flexibility index (Phi) is 4.90. The van der Waals surface area contributed by atoms with Gasteiger partial charge in [-0.25, -0.2) is 9.97 Å². The summed E-state index contributed by atoms with van der Waals surface area (Å²) in [7, 11) is 0. The van der Waals surface area contributed by atoms with Gasteiger partial charge >= 0.3 is 0 Å². The van der Waals surface area contributed by atoms with E-state index in [9.17, 15) is 0 Å². The van der Waals surface area contributed by atoms with Crippen LogP contribution in [0.3, 0.4) is 0 Å². The minimum absolute atomic E-state index is 0.375.